The van der Waals surface area contributed by atoms with E-state index in [1.54, 1.807) is 6.20 Å². The van der Waals surface area contributed by atoms with Gasteiger partial charge in [-0.25, -0.2) is 9.78 Å². The van der Waals surface area contributed by atoms with Crippen LogP contribution >= 0.6 is 0 Å². The van der Waals surface area contributed by atoms with Gasteiger partial charge in [0.25, 0.3) is 0 Å². The molecule has 3 N–H and O–H groups in total. The molecular weight excluding hydrogens is 346 g/mol. The van der Waals surface area contributed by atoms with E-state index in [0.717, 1.165) is 37.3 Å². The summed E-state index contributed by atoms with van der Waals surface area (Å²) in [6, 6.07) is 4.08. The predicted octanol–water partition coefficient (Wildman–Crippen LogP) is 1.66. The molecule has 1 aromatic rings. The smallest absolute Gasteiger partial charge is 0.317 e. The molecule has 0 bridgehead atoms. The number of anilines is 1. The summed E-state index contributed by atoms with van der Waals surface area (Å²) in [6.07, 6.45) is 3.36. The number of nitrogens with one attached hydrogen (secondary N) is 2. The fraction of sp³-hybridized carbons (Fsp3) is 0.632. The standard InChI is InChI=1S/C19H31N5O3/c1-4-23(5-2)17-8-7-14(11-20-17)12-21-19(27)22-15-9-16(10-15)24(6-3)13-18(25)26/h7-8,11,15-16H,4-6,9-10,12-13H2,1-3H3,(H,25,26)(H2,21,22,27). The van der Waals surface area contributed by atoms with Gasteiger partial charge in [0.05, 0.1) is 6.54 Å². The van der Waals surface area contributed by atoms with Crippen molar-refractivity contribution >= 4 is 17.8 Å². The summed E-state index contributed by atoms with van der Waals surface area (Å²) in [5.41, 5.74) is 0.950. The number of amides is 2. The molecule has 0 aliphatic heterocycles. The maximum atomic E-state index is 12.1. The summed E-state index contributed by atoms with van der Waals surface area (Å²) in [5, 5.41) is 14.7. The van der Waals surface area contributed by atoms with E-state index in [9.17, 15) is 9.59 Å². The molecule has 1 heterocycles. The van der Waals surface area contributed by atoms with Gasteiger partial charge in [0, 0.05) is 37.9 Å². The summed E-state index contributed by atoms with van der Waals surface area (Å²) < 4.78 is 0. The third kappa shape index (κ3) is 6.09. The zero-order valence-corrected chi connectivity index (χ0v) is 16.4. The minimum absolute atomic E-state index is 0.0522. The largest absolute Gasteiger partial charge is 0.480 e. The molecule has 0 radical (unpaired) electrons. The molecule has 0 unspecified atom stereocenters. The first-order valence-electron chi connectivity index (χ1n) is 9.66. The van der Waals surface area contributed by atoms with Crippen LogP contribution in [0.1, 0.15) is 39.2 Å². The second kappa shape index (κ2) is 10.1. The van der Waals surface area contributed by atoms with Crippen molar-refractivity contribution in [3.05, 3.63) is 23.9 Å². The highest BCUT2D eigenvalue weighted by Gasteiger charge is 2.34. The van der Waals surface area contributed by atoms with Crippen LogP contribution in [0.3, 0.4) is 0 Å². The van der Waals surface area contributed by atoms with Crippen molar-refractivity contribution in [1.82, 2.24) is 20.5 Å². The van der Waals surface area contributed by atoms with Crippen molar-refractivity contribution in [2.75, 3.05) is 31.1 Å². The second-order valence-corrected chi connectivity index (χ2v) is 6.80. The fourth-order valence-corrected chi connectivity index (χ4v) is 3.35. The number of carbonyl (C=O) groups is 2. The maximum absolute atomic E-state index is 12.1. The van der Waals surface area contributed by atoms with Gasteiger partial charge in [-0.05, 0) is 44.9 Å². The number of likely N-dealkylation sites (N-methyl/N-ethyl adjacent to an activating group) is 1. The lowest BCUT2D eigenvalue weighted by Crippen LogP contribution is -2.56. The molecule has 2 rings (SSSR count). The van der Waals surface area contributed by atoms with Crippen LogP contribution in [0.15, 0.2) is 18.3 Å². The van der Waals surface area contributed by atoms with Gasteiger partial charge in [-0.3, -0.25) is 9.69 Å². The Morgan fingerprint density at radius 3 is 2.41 bits per heavy atom. The van der Waals surface area contributed by atoms with Crippen LogP contribution in [0.25, 0.3) is 0 Å². The number of rotatable bonds is 10. The number of pyridine rings is 1. The normalized spacial score (nSPS) is 18.7. The Hall–Kier alpha value is -2.35. The topological polar surface area (TPSA) is 97.8 Å². The molecule has 1 fully saturated rings. The molecule has 8 nitrogen and oxygen atoms in total. The van der Waals surface area contributed by atoms with Crippen LogP contribution in [0.4, 0.5) is 10.6 Å². The van der Waals surface area contributed by atoms with Crippen molar-refractivity contribution < 1.29 is 14.7 Å². The van der Waals surface area contributed by atoms with Crippen LogP contribution in [-0.2, 0) is 11.3 Å². The van der Waals surface area contributed by atoms with Crippen molar-refractivity contribution in [1.29, 1.82) is 0 Å². The van der Waals surface area contributed by atoms with Crippen LogP contribution in [0, 0.1) is 0 Å². The van der Waals surface area contributed by atoms with E-state index in [2.05, 4.69) is 34.4 Å². The molecule has 0 spiro atoms. The summed E-state index contributed by atoms with van der Waals surface area (Å²) in [5.74, 6) is 0.127. The Labute approximate surface area is 160 Å². The molecule has 1 aromatic heterocycles. The number of aliphatic carboxylic acids is 1. The lowest BCUT2D eigenvalue weighted by atomic mass is 9.85. The molecule has 150 valence electrons. The van der Waals surface area contributed by atoms with Gasteiger partial charge in [0.15, 0.2) is 0 Å². The van der Waals surface area contributed by atoms with Crippen LogP contribution in [-0.4, -0.2) is 65.3 Å². The van der Waals surface area contributed by atoms with Gasteiger partial charge in [-0.1, -0.05) is 13.0 Å². The summed E-state index contributed by atoms with van der Waals surface area (Å²) >= 11 is 0. The van der Waals surface area contributed by atoms with Crippen molar-refractivity contribution in [3.63, 3.8) is 0 Å². The first-order chi connectivity index (χ1) is 13.0. The zero-order chi connectivity index (χ0) is 19.8. The van der Waals surface area contributed by atoms with Gasteiger partial charge in [-0.15, -0.1) is 0 Å². The number of urea groups is 1. The average molecular weight is 377 g/mol. The molecule has 0 saturated heterocycles. The highest BCUT2D eigenvalue weighted by molar-refractivity contribution is 5.74. The second-order valence-electron chi connectivity index (χ2n) is 6.80. The molecule has 1 aliphatic carbocycles. The van der Waals surface area contributed by atoms with Crippen molar-refractivity contribution in [2.45, 2.75) is 52.2 Å². The van der Waals surface area contributed by atoms with E-state index >= 15 is 0 Å². The maximum Gasteiger partial charge on any atom is 0.317 e. The summed E-state index contributed by atoms with van der Waals surface area (Å²) in [7, 11) is 0. The zero-order valence-electron chi connectivity index (χ0n) is 16.4. The minimum Gasteiger partial charge on any atom is -0.480 e. The summed E-state index contributed by atoms with van der Waals surface area (Å²) in [4.78, 5) is 31.5. The Balaban J connectivity index is 1.71. The van der Waals surface area contributed by atoms with Crippen LogP contribution in [0.2, 0.25) is 0 Å². The highest BCUT2D eigenvalue weighted by atomic mass is 16.4. The van der Waals surface area contributed by atoms with Crippen LogP contribution < -0.4 is 15.5 Å². The lowest BCUT2D eigenvalue weighted by Gasteiger charge is -2.42. The van der Waals surface area contributed by atoms with E-state index in [-0.39, 0.29) is 24.7 Å². The van der Waals surface area contributed by atoms with Gasteiger partial charge in [-0.2, -0.15) is 0 Å². The Morgan fingerprint density at radius 2 is 1.89 bits per heavy atom. The molecule has 1 saturated carbocycles. The molecule has 27 heavy (non-hydrogen) atoms. The molecular formula is C19H31N5O3. The Morgan fingerprint density at radius 1 is 1.19 bits per heavy atom. The van der Waals surface area contributed by atoms with E-state index < -0.39 is 5.97 Å². The first-order valence-corrected chi connectivity index (χ1v) is 9.66. The van der Waals surface area contributed by atoms with Crippen LogP contribution in [0.5, 0.6) is 0 Å². The van der Waals surface area contributed by atoms with Crippen molar-refractivity contribution in [2.24, 2.45) is 0 Å². The highest BCUT2D eigenvalue weighted by Crippen LogP contribution is 2.25. The van der Waals surface area contributed by atoms with E-state index in [0.29, 0.717) is 13.1 Å². The SMILES string of the molecule is CCN(CC)c1ccc(CNC(=O)NC2CC(N(CC)CC(=O)O)C2)cn1. The monoisotopic (exact) mass is 377 g/mol. The van der Waals surface area contributed by atoms with Gasteiger partial charge in [0.2, 0.25) is 0 Å². The van der Waals surface area contributed by atoms with Gasteiger partial charge >= 0.3 is 12.0 Å². The number of hydrogen-bond acceptors (Lipinski definition) is 5. The number of carboxylic acid groups (broad SMARTS) is 1. The average Bonchev–Trinajstić information content (AvgIpc) is 2.63. The first kappa shape index (κ1) is 21.0. The molecule has 1 aliphatic rings. The lowest BCUT2D eigenvalue weighted by molar-refractivity contribution is -0.139. The summed E-state index contributed by atoms with van der Waals surface area (Å²) in [6.45, 7) is 9.14. The van der Waals surface area contributed by atoms with Crippen molar-refractivity contribution in [3.8, 4) is 0 Å². The fourth-order valence-electron chi connectivity index (χ4n) is 3.35. The van der Waals surface area contributed by atoms with Gasteiger partial charge < -0.3 is 20.6 Å². The molecule has 0 atom stereocenters. The molecule has 2 amide bonds. The van der Waals surface area contributed by atoms with Gasteiger partial charge in [0.1, 0.15) is 5.82 Å². The number of carboxylic acids is 1. The van der Waals surface area contributed by atoms with E-state index in [1.807, 2.05) is 24.0 Å². The number of hydrogen-bond donors (Lipinski definition) is 3. The number of carbonyl (C=O) groups excluding carboxylic acids is 1. The quantitative estimate of drug-likeness (QED) is 0.574. The van der Waals surface area contributed by atoms with E-state index in [4.69, 9.17) is 5.11 Å². The number of nitrogens with zero attached hydrogens (tertiary/aromatic N) is 3. The van der Waals surface area contributed by atoms with E-state index in [1.165, 1.54) is 0 Å². The molecule has 0 aromatic carbocycles. The Kier molecular flexibility index (Phi) is 7.84. The third-order valence-corrected chi connectivity index (χ3v) is 5.06. The Bertz CT molecular complexity index is 612. The predicted molar refractivity (Wildman–Crippen MR) is 105 cm³/mol. The molecule has 8 heteroatoms. The third-order valence-electron chi connectivity index (χ3n) is 5.06. The minimum atomic E-state index is -0.813. The number of aromatic nitrogens is 1.